The lowest BCUT2D eigenvalue weighted by atomic mass is 10.1. The number of rotatable bonds is 9. The molecule has 0 aliphatic carbocycles. The highest BCUT2D eigenvalue weighted by molar-refractivity contribution is 7.88. The van der Waals surface area contributed by atoms with Crippen LogP contribution in [-0.4, -0.2) is 40.8 Å². The molecule has 1 saturated heterocycles. The van der Waals surface area contributed by atoms with Crippen molar-refractivity contribution in [3.63, 3.8) is 0 Å². The number of benzene rings is 1. The Morgan fingerprint density at radius 3 is 2.50 bits per heavy atom. The standard InChI is InChI=1S/C28H25ClF3N5O3S2/c29-24-9-10-26(41-24)42(39,40)37(12-2-4-23(37)27(33)38)17-19-13-22(20-5-7-21(8-6-20)28(30,31)32)36-25(14-19)35-16-18-3-1-11-34-15-18/h1,3,5-11,13-15,23H,2,4,12,16-17H2,(H2-,33,35,36,38)/p+1/t23-,37?/m0/s1. The van der Waals surface area contributed by atoms with Crippen molar-refractivity contribution in [3.05, 3.63) is 94.1 Å². The first kappa shape index (κ1) is 30.0. The van der Waals surface area contributed by atoms with Crippen molar-refractivity contribution in [2.75, 3.05) is 11.9 Å². The van der Waals surface area contributed by atoms with Gasteiger partial charge in [0.2, 0.25) is 0 Å². The Bertz CT molecular complexity index is 1700. The second-order valence-corrected chi connectivity index (χ2v) is 14.1. The summed E-state index contributed by atoms with van der Waals surface area (Å²) >= 11 is 6.98. The Morgan fingerprint density at radius 1 is 1.12 bits per heavy atom. The number of pyridine rings is 2. The average molecular weight is 637 g/mol. The van der Waals surface area contributed by atoms with Gasteiger partial charge in [0.1, 0.15) is 12.4 Å². The summed E-state index contributed by atoms with van der Waals surface area (Å²) in [6, 6.07) is 13.4. The molecule has 0 spiro atoms. The van der Waals surface area contributed by atoms with Gasteiger partial charge in [-0.25, -0.2) is 4.98 Å². The van der Waals surface area contributed by atoms with E-state index in [1.54, 1.807) is 30.6 Å². The fourth-order valence-electron chi connectivity index (χ4n) is 5.25. The highest BCUT2D eigenvalue weighted by Gasteiger charge is 2.55. The summed E-state index contributed by atoms with van der Waals surface area (Å²) in [6.07, 6.45) is -0.445. The first-order valence-electron chi connectivity index (χ1n) is 12.9. The Labute approximate surface area is 249 Å². The SMILES string of the molecule is NC(=O)[C@@H]1CCC[N+]1(Cc1cc(NCc2cccnc2)nc(-c2ccc(C(F)(F)F)cc2)c1)S(=O)(=O)c1ccc(Cl)s1. The van der Waals surface area contributed by atoms with E-state index in [9.17, 15) is 26.4 Å². The van der Waals surface area contributed by atoms with Crippen molar-refractivity contribution in [2.45, 2.75) is 42.4 Å². The van der Waals surface area contributed by atoms with Gasteiger partial charge in [-0.2, -0.15) is 25.5 Å². The van der Waals surface area contributed by atoms with Crippen LogP contribution in [0, 0.1) is 0 Å². The number of nitrogens with two attached hydrogens (primary N) is 1. The van der Waals surface area contributed by atoms with Gasteiger partial charge in [0.15, 0.2) is 10.3 Å². The van der Waals surface area contributed by atoms with Crippen molar-refractivity contribution < 1.29 is 30.3 Å². The molecule has 2 atom stereocenters. The molecule has 1 aliphatic heterocycles. The maximum atomic E-state index is 14.1. The third-order valence-electron chi connectivity index (χ3n) is 7.23. The van der Waals surface area contributed by atoms with Crippen LogP contribution in [0.15, 0.2) is 77.3 Å². The van der Waals surface area contributed by atoms with Crippen LogP contribution < -0.4 is 11.1 Å². The second kappa shape index (κ2) is 11.6. The zero-order valence-electron chi connectivity index (χ0n) is 22.0. The molecule has 42 heavy (non-hydrogen) atoms. The number of amides is 1. The largest absolute Gasteiger partial charge is 0.416 e. The summed E-state index contributed by atoms with van der Waals surface area (Å²) in [7, 11) is -4.14. The van der Waals surface area contributed by atoms with E-state index in [4.69, 9.17) is 17.3 Å². The highest BCUT2D eigenvalue weighted by atomic mass is 35.5. The van der Waals surface area contributed by atoms with Gasteiger partial charge in [0.25, 0.3) is 5.91 Å². The molecule has 1 fully saturated rings. The monoisotopic (exact) mass is 636 g/mol. The molecule has 3 N–H and O–H groups in total. The second-order valence-electron chi connectivity index (χ2n) is 9.96. The van der Waals surface area contributed by atoms with Crippen LogP contribution in [0.2, 0.25) is 4.34 Å². The van der Waals surface area contributed by atoms with Gasteiger partial charge in [0.05, 0.1) is 22.1 Å². The number of likely N-dealkylation sites (tertiary alicyclic amines) is 1. The van der Waals surface area contributed by atoms with E-state index < -0.39 is 37.6 Å². The average Bonchev–Trinajstić information content (AvgIpc) is 3.60. The number of aromatic nitrogens is 2. The topological polar surface area (TPSA) is 115 Å². The maximum Gasteiger partial charge on any atom is 0.416 e. The van der Waals surface area contributed by atoms with Gasteiger partial charge < -0.3 is 11.1 Å². The fourth-order valence-corrected chi connectivity index (χ4v) is 9.13. The fraction of sp³-hybridized carbons (Fsp3) is 0.250. The number of primary amides is 1. The number of nitrogens with zero attached hydrogens (tertiary/aromatic N) is 3. The van der Waals surface area contributed by atoms with E-state index in [2.05, 4.69) is 15.3 Å². The van der Waals surface area contributed by atoms with Crippen molar-refractivity contribution >= 4 is 44.7 Å². The molecule has 220 valence electrons. The molecule has 1 unspecified atom stereocenters. The normalized spacial score (nSPS) is 19.1. The van der Waals surface area contributed by atoms with Crippen LogP contribution in [0.5, 0.6) is 0 Å². The van der Waals surface area contributed by atoms with Crippen LogP contribution in [0.1, 0.15) is 29.5 Å². The molecular weight excluding hydrogens is 611 g/mol. The number of hydrogen-bond acceptors (Lipinski definition) is 7. The molecule has 3 aromatic heterocycles. The molecular formula is C28H26ClF3N5O3S2+. The Balaban J connectivity index is 1.59. The molecule has 0 radical (unpaired) electrons. The number of nitrogens with one attached hydrogen (secondary N) is 1. The Morgan fingerprint density at radius 2 is 1.88 bits per heavy atom. The number of anilines is 1. The van der Waals surface area contributed by atoms with E-state index in [1.165, 1.54) is 24.3 Å². The minimum atomic E-state index is -4.50. The maximum absolute atomic E-state index is 14.1. The van der Waals surface area contributed by atoms with E-state index in [0.29, 0.717) is 35.6 Å². The zero-order valence-corrected chi connectivity index (χ0v) is 24.4. The van der Waals surface area contributed by atoms with Gasteiger partial charge >= 0.3 is 16.2 Å². The van der Waals surface area contributed by atoms with Gasteiger partial charge in [-0.3, -0.25) is 9.78 Å². The Kier molecular flexibility index (Phi) is 8.30. The molecule has 1 amide bonds. The highest BCUT2D eigenvalue weighted by Crippen LogP contribution is 2.41. The summed E-state index contributed by atoms with van der Waals surface area (Å²) in [5, 5.41) is 3.20. The van der Waals surface area contributed by atoms with Gasteiger partial charge in [-0.1, -0.05) is 29.8 Å². The number of carbonyl (C=O) groups is 1. The van der Waals surface area contributed by atoms with Crippen LogP contribution in [-0.2, 0) is 34.1 Å². The molecule has 1 aromatic carbocycles. The molecule has 1 aliphatic rings. The number of sulfonamides is 1. The van der Waals surface area contributed by atoms with Gasteiger partial charge in [0, 0.05) is 42.9 Å². The zero-order chi connectivity index (χ0) is 30.1. The molecule has 14 heteroatoms. The molecule has 0 saturated carbocycles. The molecule has 4 heterocycles. The van der Waals surface area contributed by atoms with Crippen LogP contribution in [0.4, 0.5) is 19.0 Å². The smallest absolute Gasteiger partial charge is 0.366 e. The number of carbonyl (C=O) groups excluding carboxylic acids is 1. The Hall–Kier alpha value is -3.52. The minimum Gasteiger partial charge on any atom is -0.366 e. The number of alkyl halides is 3. The van der Waals surface area contributed by atoms with Crippen molar-refractivity contribution in [3.8, 4) is 11.3 Å². The first-order chi connectivity index (χ1) is 19.9. The molecule has 8 nitrogen and oxygen atoms in total. The molecule has 4 aromatic rings. The number of hydrogen-bond donors (Lipinski definition) is 2. The van der Waals surface area contributed by atoms with Crippen LogP contribution in [0.3, 0.4) is 0 Å². The third-order valence-corrected chi connectivity index (χ3v) is 11.3. The quantitative estimate of drug-likeness (QED) is 0.223. The first-order valence-corrected chi connectivity index (χ1v) is 15.5. The van der Waals surface area contributed by atoms with Crippen LogP contribution in [0.25, 0.3) is 11.3 Å². The van der Waals surface area contributed by atoms with Gasteiger partial charge in [-0.05, 0) is 48.0 Å². The molecule has 0 bridgehead atoms. The summed E-state index contributed by atoms with van der Waals surface area (Å²) in [5.74, 6) is -0.360. The van der Waals surface area contributed by atoms with E-state index in [-0.39, 0.29) is 28.1 Å². The minimum absolute atomic E-state index is 0.0209. The predicted molar refractivity (Wildman–Crippen MR) is 154 cm³/mol. The lowest BCUT2D eigenvalue weighted by Crippen LogP contribution is -2.59. The lowest BCUT2D eigenvalue weighted by molar-refractivity contribution is -0.823. The van der Waals surface area contributed by atoms with E-state index >= 15 is 0 Å². The lowest BCUT2D eigenvalue weighted by Gasteiger charge is -2.36. The van der Waals surface area contributed by atoms with E-state index in [0.717, 1.165) is 29.0 Å². The molecule has 5 rings (SSSR count). The number of thiophene rings is 1. The number of quaternary nitrogens is 1. The van der Waals surface area contributed by atoms with Crippen LogP contribution >= 0.6 is 22.9 Å². The van der Waals surface area contributed by atoms with Crippen molar-refractivity contribution in [1.29, 1.82) is 0 Å². The van der Waals surface area contributed by atoms with E-state index in [1.807, 2.05) is 6.07 Å². The van der Waals surface area contributed by atoms with Crippen molar-refractivity contribution in [2.24, 2.45) is 5.73 Å². The summed E-state index contributed by atoms with van der Waals surface area (Å²) in [6.45, 7) is 0.359. The summed E-state index contributed by atoms with van der Waals surface area (Å²) in [4.78, 5) is 21.3. The number of halogens is 4. The third kappa shape index (κ3) is 6.00. The predicted octanol–water partition coefficient (Wildman–Crippen LogP) is 5.84. The summed E-state index contributed by atoms with van der Waals surface area (Å²) in [5.41, 5.74) is 7.05. The van der Waals surface area contributed by atoms with Crippen molar-refractivity contribution in [1.82, 2.24) is 9.97 Å². The summed E-state index contributed by atoms with van der Waals surface area (Å²) < 4.78 is 67.6. The van der Waals surface area contributed by atoms with Gasteiger partial charge in [-0.15, -0.1) is 11.3 Å².